The van der Waals surface area contributed by atoms with Crippen LogP contribution >= 0.6 is 0 Å². The molecule has 5 nitrogen and oxygen atoms in total. The van der Waals surface area contributed by atoms with Crippen LogP contribution in [0.25, 0.3) is 0 Å². The van der Waals surface area contributed by atoms with E-state index in [2.05, 4.69) is 10.1 Å². The van der Waals surface area contributed by atoms with Gasteiger partial charge in [0.05, 0.1) is 12.7 Å². The average molecular weight is 227 g/mol. The molecule has 0 unspecified atom stereocenters. The summed E-state index contributed by atoms with van der Waals surface area (Å²) in [6.45, 7) is -0.342. The van der Waals surface area contributed by atoms with Gasteiger partial charge in [0, 0.05) is 0 Å². The lowest BCUT2D eigenvalue weighted by molar-refractivity contribution is -0.139. The molecule has 0 fully saturated rings. The summed E-state index contributed by atoms with van der Waals surface area (Å²) in [5, 5.41) is 11.5. The summed E-state index contributed by atoms with van der Waals surface area (Å²) in [7, 11) is 1.17. The third-order valence-electron chi connectivity index (χ3n) is 1.82. The molecule has 16 heavy (non-hydrogen) atoms. The highest BCUT2D eigenvalue weighted by Crippen LogP contribution is 2.17. The lowest BCUT2D eigenvalue weighted by atomic mass is 10.2. The number of benzene rings is 1. The van der Waals surface area contributed by atoms with Gasteiger partial charge in [-0.05, 0) is 18.2 Å². The van der Waals surface area contributed by atoms with Crippen molar-refractivity contribution < 1.29 is 23.8 Å². The van der Waals surface area contributed by atoms with Crippen molar-refractivity contribution in [1.29, 1.82) is 0 Å². The first-order valence-corrected chi connectivity index (χ1v) is 4.38. The van der Waals surface area contributed by atoms with Crippen molar-refractivity contribution in [2.75, 3.05) is 13.7 Å². The largest absolute Gasteiger partial charge is 0.507 e. The fourth-order valence-electron chi connectivity index (χ4n) is 1.01. The topological polar surface area (TPSA) is 75.6 Å². The Labute approximate surface area is 90.8 Å². The molecular weight excluding hydrogens is 217 g/mol. The molecule has 1 amide bonds. The minimum absolute atomic E-state index is 0.232. The van der Waals surface area contributed by atoms with E-state index in [1.165, 1.54) is 7.11 Å². The predicted octanol–water partition coefficient (Wildman–Crippen LogP) is 0.434. The highest BCUT2D eigenvalue weighted by molar-refractivity contribution is 5.98. The molecule has 1 aromatic rings. The van der Waals surface area contributed by atoms with Gasteiger partial charge in [0.1, 0.15) is 18.1 Å². The fraction of sp³-hybridized carbons (Fsp3) is 0.200. The second kappa shape index (κ2) is 5.11. The molecule has 0 spiro atoms. The number of esters is 1. The summed E-state index contributed by atoms with van der Waals surface area (Å²) in [6, 6.07) is 2.96. The molecule has 0 aliphatic heterocycles. The van der Waals surface area contributed by atoms with Crippen molar-refractivity contribution in [3.8, 4) is 5.75 Å². The molecule has 6 heteroatoms. The van der Waals surface area contributed by atoms with E-state index in [1.807, 2.05) is 0 Å². The van der Waals surface area contributed by atoms with Crippen molar-refractivity contribution >= 4 is 11.9 Å². The predicted molar refractivity (Wildman–Crippen MR) is 52.4 cm³/mol. The molecule has 0 atom stereocenters. The smallest absolute Gasteiger partial charge is 0.325 e. The van der Waals surface area contributed by atoms with Gasteiger partial charge in [-0.1, -0.05) is 0 Å². The first-order chi connectivity index (χ1) is 7.54. The van der Waals surface area contributed by atoms with Crippen molar-refractivity contribution in [2.45, 2.75) is 0 Å². The van der Waals surface area contributed by atoms with Crippen molar-refractivity contribution in [3.05, 3.63) is 29.6 Å². The second-order valence-electron chi connectivity index (χ2n) is 2.92. The Bertz CT molecular complexity index is 419. The van der Waals surface area contributed by atoms with Crippen LogP contribution in [0.4, 0.5) is 4.39 Å². The number of nitrogens with one attached hydrogen (secondary N) is 1. The minimum Gasteiger partial charge on any atom is -0.507 e. The summed E-state index contributed by atoms with van der Waals surface area (Å²) in [5.74, 6) is -2.39. The van der Waals surface area contributed by atoms with Crippen molar-refractivity contribution in [3.63, 3.8) is 0 Å². The van der Waals surface area contributed by atoms with Crippen LogP contribution in [0.15, 0.2) is 18.2 Å². The van der Waals surface area contributed by atoms with Gasteiger partial charge in [-0.25, -0.2) is 4.39 Å². The van der Waals surface area contributed by atoms with E-state index >= 15 is 0 Å². The van der Waals surface area contributed by atoms with E-state index in [1.54, 1.807) is 0 Å². The first kappa shape index (κ1) is 12.0. The Balaban J connectivity index is 2.73. The zero-order chi connectivity index (χ0) is 12.1. The second-order valence-corrected chi connectivity index (χ2v) is 2.92. The molecule has 0 aromatic heterocycles. The highest BCUT2D eigenvalue weighted by Gasteiger charge is 2.13. The van der Waals surface area contributed by atoms with Crippen LogP contribution in [-0.4, -0.2) is 30.6 Å². The molecule has 0 bridgehead atoms. The van der Waals surface area contributed by atoms with Crippen LogP contribution < -0.4 is 5.32 Å². The quantitative estimate of drug-likeness (QED) is 0.734. The van der Waals surface area contributed by atoms with E-state index in [4.69, 9.17) is 0 Å². The number of carbonyl (C=O) groups excluding carboxylic acids is 2. The van der Waals surface area contributed by atoms with Crippen LogP contribution in [0.1, 0.15) is 10.4 Å². The van der Waals surface area contributed by atoms with Crippen LogP contribution in [0.5, 0.6) is 5.75 Å². The molecular formula is C10H10FNO4. The number of halogens is 1. The number of amides is 1. The van der Waals surface area contributed by atoms with Crippen LogP contribution in [-0.2, 0) is 9.53 Å². The van der Waals surface area contributed by atoms with Gasteiger partial charge in [0.15, 0.2) is 0 Å². The number of methoxy groups -OCH3 is 1. The van der Waals surface area contributed by atoms with Gasteiger partial charge in [-0.15, -0.1) is 0 Å². The Morgan fingerprint density at radius 1 is 1.50 bits per heavy atom. The fourth-order valence-corrected chi connectivity index (χ4v) is 1.01. The summed E-state index contributed by atoms with van der Waals surface area (Å²) in [4.78, 5) is 22.1. The molecule has 86 valence electrons. The van der Waals surface area contributed by atoms with Gasteiger partial charge in [0.25, 0.3) is 5.91 Å². The third-order valence-corrected chi connectivity index (χ3v) is 1.82. The van der Waals surface area contributed by atoms with E-state index in [0.717, 1.165) is 18.2 Å². The van der Waals surface area contributed by atoms with Crippen molar-refractivity contribution in [1.82, 2.24) is 5.32 Å². The van der Waals surface area contributed by atoms with E-state index in [0.29, 0.717) is 0 Å². The lowest BCUT2D eigenvalue weighted by Gasteiger charge is -2.05. The minimum atomic E-state index is -0.748. The number of hydrogen-bond acceptors (Lipinski definition) is 4. The van der Waals surface area contributed by atoms with E-state index in [9.17, 15) is 19.1 Å². The third kappa shape index (κ3) is 2.94. The summed E-state index contributed by atoms with van der Waals surface area (Å²) in [6.07, 6.45) is 0. The number of hydrogen-bond donors (Lipinski definition) is 2. The van der Waals surface area contributed by atoms with Gasteiger partial charge in [0.2, 0.25) is 0 Å². The highest BCUT2D eigenvalue weighted by atomic mass is 19.1. The zero-order valence-electron chi connectivity index (χ0n) is 8.49. The molecule has 0 radical (unpaired) electrons. The van der Waals surface area contributed by atoms with Gasteiger partial charge < -0.3 is 15.2 Å². The Kier molecular flexibility index (Phi) is 3.82. The van der Waals surface area contributed by atoms with Crippen LogP contribution in [0.2, 0.25) is 0 Å². The molecule has 0 saturated carbocycles. The van der Waals surface area contributed by atoms with Crippen molar-refractivity contribution in [2.24, 2.45) is 0 Å². The Morgan fingerprint density at radius 3 is 2.81 bits per heavy atom. The maximum atomic E-state index is 12.8. The summed E-state index contributed by atoms with van der Waals surface area (Å²) < 4.78 is 17.1. The summed E-state index contributed by atoms with van der Waals surface area (Å²) >= 11 is 0. The maximum absolute atomic E-state index is 12.8. The number of aromatic hydroxyl groups is 1. The number of ether oxygens (including phenoxy) is 1. The molecule has 0 saturated heterocycles. The number of phenols is 1. The molecule has 0 aliphatic rings. The SMILES string of the molecule is COC(=O)CNC(=O)c1cc(F)ccc1O. The summed E-state index contributed by atoms with van der Waals surface area (Å²) in [5.41, 5.74) is -0.232. The van der Waals surface area contributed by atoms with Gasteiger partial charge in [-0.2, -0.15) is 0 Å². The normalized spacial score (nSPS) is 9.62. The van der Waals surface area contributed by atoms with E-state index < -0.39 is 17.7 Å². The van der Waals surface area contributed by atoms with Crippen LogP contribution in [0, 0.1) is 5.82 Å². The number of phenolic OH excluding ortho intramolecular Hbond substituents is 1. The molecule has 1 rings (SSSR count). The molecule has 2 N–H and O–H groups in total. The van der Waals surface area contributed by atoms with Gasteiger partial charge in [-0.3, -0.25) is 9.59 Å². The standard InChI is InChI=1S/C10H10FNO4/c1-16-9(14)5-12-10(15)7-4-6(11)2-3-8(7)13/h2-4,13H,5H2,1H3,(H,12,15). The zero-order valence-corrected chi connectivity index (χ0v) is 8.49. The van der Waals surface area contributed by atoms with E-state index in [-0.39, 0.29) is 17.9 Å². The number of rotatable bonds is 3. The first-order valence-electron chi connectivity index (χ1n) is 4.38. The lowest BCUT2D eigenvalue weighted by Crippen LogP contribution is -2.30. The Morgan fingerprint density at radius 2 is 2.19 bits per heavy atom. The van der Waals surface area contributed by atoms with Gasteiger partial charge >= 0.3 is 5.97 Å². The monoisotopic (exact) mass is 227 g/mol. The molecule has 1 aromatic carbocycles. The maximum Gasteiger partial charge on any atom is 0.325 e. The molecule has 0 aliphatic carbocycles. The average Bonchev–Trinajstić information content (AvgIpc) is 2.28. The van der Waals surface area contributed by atoms with Crippen LogP contribution in [0.3, 0.4) is 0 Å². The Hall–Kier alpha value is -2.11. The number of carbonyl (C=O) groups is 2. The molecule has 0 heterocycles.